The Kier molecular flexibility index (Phi) is 10.6. The van der Waals surface area contributed by atoms with Gasteiger partial charge in [0.15, 0.2) is 8.32 Å². The third-order valence-electron chi connectivity index (χ3n) is 4.91. The van der Waals surface area contributed by atoms with Crippen molar-refractivity contribution in [1.29, 1.82) is 0 Å². The fraction of sp³-hybridized carbons (Fsp3) is 0.895. The minimum absolute atomic E-state index is 0.137. The lowest BCUT2D eigenvalue weighted by molar-refractivity contribution is 0.139. The molecular weight excluding hydrogens is 288 g/mol. The van der Waals surface area contributed by atoms with Crippen molar-refractivity contribution in [2.24, 2.45) is 5.92 Å². The maximum Gasteiger partial charge on any atom is 0.191 e. The molecule has 0 bridgehead atoms. The van der Waals surface area contributed by atoms with Gasteiger partial charge in [-0.1, -0.05) is 53.2 Å². The number of allylic oxidation sites excluding steroid dienone is 2. The highest BCUT2D eigenvalue weighted by Crippen LogP contribution is 2.36. The van der Waals surface area contributed by atoms with Crippen molar-refractivity contribution in [3.63, 3.8) is 0 Å². The topological polar surface area (TPSA) is 29.5 Å². The van der Waals surface area contributed by atoms with E-state index in [-0.39, 0.29) is 6.10 Å². The van der Waals surface area contributed by atoms with E-state index in [0.29, 0.717) is 11.0 Å². The Bertz CT molecular complexity index is 305. The second-order valence-electron chi connectivity index (χ2n) is 8.03. The lowest BCUT2D eigenvalue weighted by Gasteiger charge is -2.36. The molecule has 1 N–H and O–H groups in total. The first kappa shape index (κ1) is 21.9. The summed E-state index contributed by atoms with van der Waals surface area (Å²) >= 11 is 0. The Hall–Kier alpha value is -0.123. The Morgan fingerprint density at radius 1 is 1.18 bits per heavy atom. The molecule has 0 aromatic carbocycles. The van der Waals surface area contributed by atoms with Gasteiger partial charge in [0.25, 0.3) is 0 Å². The van der Waals surface area contributed by atoms with Gasteiger partial charge in [-0.3, -0.25) is 0 Å². The monoisotopic (exact) mass is 328 g/mol. The van der Waals surface area contributed by atoms with E-state index >= 15 is 0 Å². The molecule has 0 aliphatic carbocycles. The average molecular weight is 329 g/mol. The molecular formula is C19H40O2Si. The number of hydrogen-bond acceptors (Lipinski definition) is 2. The molecule has 2 atom stereocenters. The van der Waals surface area contributed by atoms with E-state index in [1.807, 2.05) is 0 Å². The van der Waals surface area contributed by atoms with Gasteiger partial charge >= 0.3 is 0 Å². The van der Waals surface area contributed by atoms with Gasteiger partial charge in [0.05, 0.1) is 6.10 Å². The molecule has 0 radical (unpaired) electrons. The van der Waals surface area contributed by atoms with Crippen LogP contribution in [-0.2, 0) is 4.43 Å². The van der Waals surface area contributed by atoms with Gasteiger partial charge in [0, 0.05) is 6.61 Å². The quantitative estimate of drug-likeness (QED) is 0.290. The van der Waals surface area contributed by atoms with Crippen molar-refractivity contribution < 1.29 is 9.53 Å². The van der Waals surface area contributed by atoms with Crippen LogP contribution in [0.5, 0.6) is 0 Å². The second kappa shape index (κ2) is 10.6. The van der Waals surface area contributed by atoms with Gasteiger partial charge in [-0.05, 0) is 56.2 Å². The van der Waals surface area contributed by atoms with Crippen molar-refractivity contribution in [3.8, 4) is 0 Å². The maximum atomic E-state index is 9.91. The summed E-state index contributed by atoms with van der Waals surface area (Å²) in [5, 5.41) is 10.2. The highest BCUT2D eigenvalue weighted by Gasteiger charge is 2.36. The summed E-state index contributed by atoms with van der Waals surface area (Å²) < 4.78 is 6.19. The molecule has 3 heteroatoms. The third kappa shape index (κ3) is 9.11. The van der Waals surface area contributed by atoms with Gasteiger partial charge < -0.3 is 9.53 Å². The van der Waals surface area contributed by atoms with Crippen molar-refractivity contribution in [3.05, 3.63) is 12.2 Å². The molecule has 22 heavy (non-hydrogen) atoms. The predicted octanol–water partition coefficient (Wildman–Crippen LogP) is 5.92. The van der Waals surface area contributed by atoms with Crippen LogP contribution in [0.2, 0.25) is 18.1 Å². The second-order valence-corrected chi connectivity index (χ2v) is 12.8. The van der Waals surface area contributed by atoms with Gasteiger partial charge in [0.1, 0.15) is 0 Å². The summed E-state index contributed by atoms with van der Waals surface area (Å²) in [6.07, 6.45) is 10.6. The van der Waals surface area contributed by atoms with Crippen molar-refractivity contribution >= 4 is 8.32 Å². The van der Waals surface area contributed by atoms with E-state index in [9.17, 15) is 5.11 Å². The zero-order valence-corrected chi connectivity index (χ0v) is 17.1. The van der Waals surface area contributed by atoms with Crippen molar-refractivity contribution in [2.45, 2.75) is 97.4 Å². The van der Waals surface area contributed by atoms with Gasteiger partial charge in [0.2, 0.25) is 0 Å². The zero-order valence-electron chi connectivity index (χ0n) is 16.1. The number of aliphatic hydroxyl groups excluding tert-OH is 1. The lowest BCUT2D eigenvalue weighted by atomic mass is 9.96. The molecule has 0 aliphatic rings. The summed E-state index contributed by atoms with van der Waals surface area (Å²) in [5.74, 6) is 0.517. The number of rotatable bonds is 11. The molecule has 0 rings (SSSR count). The molecule has 132 valence electrons. The fourth-order valence-electron chi connectivity index (χ4n) is 2.22. The minimum Gasteiger partial charge on any atom is -0.417 e. The average Bonchev–Trinajstić information content (AvgIpc) is 2.40. The first-order valence-electron chi connectivity index (χ1n) is 9.12. The van der Waals surface area contributed by atoms with Crippen LogP contribution in [0, 0.1) is 5.92 Å². The summed E-state index contributed by atoms with van der Waals surface area (Å²) in [6.45, 7) is 16.7. The standard InChI is InChI=1S/C19H40O2Si/c1-8-13-18(20)16-17(9-2)14-11-10-12-15-21-22(6,7)19(3,4)5/h11,14,17-18,20H,8-10,12-13,15-16H2,1-7H3/b14-11+/t17-,18+/m1/s1. The van der Waals surface area contributed by atoms with E-state index in [2.05, 4.69) is 59.9 Å². The van der Waals surface area contributed by atoms with Crippen LogP contribution in [0.1, 0.15) is 73.1 Å². The fourth-order valence-corrected chi connectivity index (χ4v) is 3.30. The Morgan fingerprint density at radius 2 is 1.82 bits per heavy atom. The molecule has 0 spiro atoms. The molecule has 0 saturated heterocycles. The van der Waals surface area contributed by atoms with E-state index in [1.165, 1.54) is 0 Å². The minimum atomic E-state index is -1.58. The number of unbranched alkanes of at least 4 members (excludes halogenated alkanes) is 1. The molecule has 0 aromatic rings. The first-order valence-corrected chi connectivity index (χ1v) is 12.0. The van der Waals surface area contributed by atoms with Crippen molar-refractivity contribution in [2.75, 3.05) is 6.61 Å². The van der Waals surface area contributed by atoms with E-state index in [0.717, 1.165) is 45.1 Å². The molecule has 0 heterocycles. The van der Waals surface area contributed by atoms with Crippen LogP contribution in [0.15, 0.2) is 12.2 Å². The Labute approximate surface area is 140 Å². The van der Waals surface area contributed by atoms with E-state index in [4.69, 9.17) is 4.43 Å². The Morgan fingerprint density at radius 3 is 2.32 bits per heavy atom. The van der Waals surface area contributed by atoms with Crippen LogP contribution in [0.4, 0.5) is 0 Å². The van der Waals surface area contributed by atoms with E-state index < -0.39 is 8.32 Å². The number of aliphatic hydroxyl groups is 1. The maximum absolute atomic E-state index is 9.91. The largest absolute Gasteiger partial charge is 0.417 e. The Balaban J connectivity index is 3.98. The van der Waals surface area contributed by atoms with Gasteiger partial charge in [-0.15, -0.1) is 0 Å². The molecule has 0 aliphatic heterocycles. The molecule has 0 fully saturated rings. The highest BCUT2D eigenvalue weighted by molar-refractivity contribution is 6.74. The number of hydrogen-bond donors (Lipinski definition) is 1. The van der Waals surface area contributed by atoms with E-state index in [1.54, 1.807) is 0 Å². The molecule has 0 saturated carbocycles. The summed E-state index contributed by atoms with van der Waals surface area (Å²) in [5.41, 5.74) is 0. The van der Waals surface area contributed by atoms with Gasteiger partial charge in [-0.25, -0.2) is 0 Å². The molecule has 2 nitrogen and oxygen atoms in total. The summed E-state index contributed by atoms with van der Waals surface area (Å²) in [7, 11) is -1.58. The zero-order chi connectivity index (χ0) is 17.2. The molecule has 0 amide bonds. The van der Waals surface area contributed by atoms with Crippen LogP contribution < -0.4 is 0 Å². The molecule has 0 unspecified atom stereocenters. The normalized spacial score (nSPS) is 16.2. The van der Waals surface area contributed by atoms with Crippen molar-refractivity contribution in [1.82, 2.24) is 0 Å². The highest BCUT2D eigenvalue weighted by atomic mass is 28.4. The smallest absolute Gasteiger partial charge is 0.191 e. The van der Waals surface area contributed by atoms with Crippen LogP contribution in [-0.4, -0.2) is 26.1 Å². The third-order valence-corrected chi connectivity index (χ3v) is 9.45. The molecule has 0 aromatic heterocycles. The summed E-state index contributed by atoms with van der Waals surface area (Å²) in [4.78, 5) is 0. The van der Waals surface area contributed by atoms with Crippen LogP contribution >= 0.6 is 0 Å². The SMILES string of the molecule is CCC[C@H](O)C[C@@H](/C=C/CCCO[Si](C)(C)C(C)(C)C)CC. The van der Waals surface area contributed by atoms with Gasteiger partial charge in [-0.2, -0.15) is 0 Å². The first-order chi connectivity index (χ1) is 10.1. The summed E-state index contributed by atoms with van der Waals surface area (Å²) in [6, 6.07) is 0. The predicted molar refractivity (Wildman–Crippen MR) is 101 cm³/mol. The lowest BCUT2D eigenvalue weighted by Crippen LogP contribution is -2.40. The van der Waals surface area contributed by atoms with Crippen LogP contribution in [0.3, 0.4) is 0 Å². The van der Waals surface area contributed by atoms with Crippen LogP contribution in [0.25, 0.3) is 0 Å².